The maximum absolute atomic E-state index is 12.5. The first-order valence-electron chi connectivity index (χ1n) is 20.5. The number of hydrogen-bond acceptors (Lipinski definition) is 12. The van der Waals surface area contributed by atoms with E-state index in [-0.39, 0.29) is 40.9 Å². The quantitative estimate of drug-likeness (QED) is 0.0267. The fraction of sp³-hybridized carbons (Fsp3) is 0.192. The molecule has 6 rings (SSSR count). The molecule has 0 aromatic heterocycles. The van der Waals surface area contributed by atoms with E-state index in [0.29, 0.717) is 0 Å². The third kappa shape index (κ3) is 12.9. The average Bonchev–Trinajstić information content (AvgIpc) is 3.27. The summed E-state index contributed by atoms with van der Waals surface area (Å²) < 4.78 is 15.2. The summed E-state index contributed by atoms with van der Waals surface area (Å²) in [7, 11) is 0. The predicted molar refractivity (Wildman–Crippen MR) is 249 cm³/mol. The van der Waals surface area contributed by atoms with Crippen molar-refractivity contribution in [3.8, 4) is 0 Å². The van der Waals surface area contributed by atoms with E-state index in [4.69, 9.17) is 14.2 Å². The van der Waals surface area contributed by atoms with Crippen molar-refractivity contribution in [3.63, 3.8) is 0 Å². The molecule has 326 valence electrons. The second-order valence-corrected chi connectivity index (χ2v) is 18.8. The Morgan fingerprint density at radius 1 is 0.312 bits per heavy atom. The van der Waals surface area contributed by atoms with Gasteiger partial charge in [-0.05, 0) is 167 Å². The van der Waals surface area contributed by atoms with E-state index in [0.717, 1.165) is 46.1 Å². The van der Waals surface area contributed by atoms with Gasteiger partial charge in [-0.2, -0.15) is 0 Å². The molecule has 0 saturated heterocycles. The van der Waals surface area contributed by atoms with Crippen LogP contribution in [0.5, 0.6) is 0 Å². The van der Waals surface area contributed by atoms with Gasteiger partial charge in [-0.15, -0.1) is 0 Å². The van der Waals surface area contributed by atoms with Crippen LogP contribution in [0.15, 0.2) is 175 Å². The summed E-state index contributed by atoms with van der Waals surface area (Å²) in [4.78, 5) is 79.6. The van der Waals surface area contributed by atoms with Gasteiger partial charge in [0.05, 0.1) is 18.3 Å². The second-order valence-electron chi connectivity index (χ2n) is 15.4. The van der Waals surface area contributed by atoms with E-state index in [1.165, 1.54) is 0 Å². The van der Waals surface area contributed by atoms with Crippen molar-refractivity contribution in [1.29, 1.82) is 0 Å². The van der Waals surface area contributed by atoms with Gasteiger partial charge in [0.1, 0.15) is 0 Å². The molecule has 0 fully saturated rings. The molecule has 0 aliphatic rings. The minimum atomic E-state index is -0.873. The molecule has 64 heavy (non-hydrogen) atoms. The molecule has 0 heterocycles. The predicted octanol–water partition coefficient (Wildman–Crippen LogP) is 11.7. The van der Waals surface area contributed by atoms with Crippen LogP contribution in [0.4, 0.5) is 0 Å². The minimum Gasteiger partial charge on any atom is -0.457 e. The van der Waals surface area contributed by atoms with E-state index in [1.54, 1.807) is 113 Å². The van der Waals surface area contributed by atoms with Crippen LogP contribution in [0.3, 0.4) is 0 Å². The van der Waals surface area contributed by atoms with Gasteiger partial charge in [0.15, 0.2) is 0 Å². The number of carbonyl (C=O) groups is 6. The molecule has 12 heteroatoms. The van der Waals surface area contributed by atoms with E-state index >= 15 is 0 Å². The molecule has 0 spiro atoms. The Morgan fingerprint density at radius 3 is 0.688 bits per heavy atom. The summed E-state index contributed by atoms with van der Waals surface area (Å²) in [6, 6.07) is 45.7. The van der Waals surface area contributed by atoms with E-state index in [1.807, 2.05) is 36.4 Å². The number of Topliss-reactive ketones (excluding diaryl/α,β-unsaturated/α-hetero) is 3. The first-order valence-corrected chi connectivity index (χ1v) is 23.0. The molecule has 0 saturated carbocycles. The monoisotopic (exact) mass is 910 g/mol. The highest BCUT2D eigenvalue weighted by molar-refractivity contribution is 7.99. The van der Waals surface area contributed by atoms with Crippen molar-refractivity contribution in [3.05, 3.63) is 179 Å². The number of ether oxygens (including phenoxy) is 3. The number of ketones is 3. The highest BCUT2D eigenvalue weighted by atomic mass is 32.2. The molecular formula is C52H46O9S3. The van der Waals surface area contributed by atoms with Crippen LogP contribution < -0.4 is 0 Å². The van der Waals surface area contributed by atoms with Gasteiger partial charge in [-0.3, -0.25) is 14.4 Å². The minimum absolute atomic E-state index is 0.125. The van der Waals surface area contributed by atoms with E-state index in [9.17, 15) is 28.8 Å². The van der Waals surface area contributed by atoms with Gasteiger partial charge in [0.25, 0.3) is 17.3 Å². The van der Waals surface area contributed by atoms with Crippen LogP contribution >= 0.6 is 35.3 Å². The zero-order chi connectivity index (χ0) is 45.9. The van der Waals surface area contributed by atoms with Crippen molar-refractivity contribution in [1.82, 2.24) is 0 Å². The molecule has 0 bridgehead atoms. The number of hydrogen-bond donors (Lipinski definition) is 0. The van der Waals surface area contributed by atoms with Crippen molar-refractivity contribution in [2.75, 3.05) is 0 Å². The molecule has 9 nitrogen and oxygen atoms in total. The van der Waals surface area contributed by atoms with E-state index in [2.05, 4.69) is 72.8 Å². The van der Waals surface area contributed by atoms with Crippen molar-refractivity contribution in [2.24, 2.45) is 0 Å². The topological polar surface area (TPSA) is 130 Å². The number of benzene rings is 6. The molecule has 0 unspecified atom stereocenters. The Hall–Kier alpha value is -6.21. The van der Waals surface area contributed by atoms with Gasteiger partial charge < -0.3 is 14.2 Å². The Balaban J connectivity index is 1.20. The third-order valence-corrected chi connectivity index (χ3v) is 12.3. The van der Waals surface area contributed by atoms with E-state index < -0.39 is 35.3 Å². The van der Waals surface area contributed by atoms with Crippen LogP contribution in [0.25, 0.3) is 0 Å². The molecular weight excluding hydrogens is 865 g/mol. The smallest absolute Gasteiger partial charge is 0.379 e. The van der Waals surface area contributed by atoms with Crippen LogP contribution in [-0.4, -0.2) is 53.6 Å². The molecule has 0 radical (unpaired) electrons. The van der Waals surface area contributed by atoms with Crippen LogP contribution in [-0.2, 0) is 28.6 Å². The highest BCUT2D eigenvalue weighted by Gasteiger charge is 2.22. The Morgan fingerprint density at radius 2 is 0.500 bits per heavy atom. The summed E-state index contributed by atoms with van der Waals surface area (Å²) in [5, 5.41) is 0. The highest BCUT2D eigenvalue weighted by Crippen LogP contribution is 2.38. The lowest BCUT2D eigenvalue weighted by molar-refractivity contribution is -0.142. The second kappa shape index (κ2) is 21.9. The first-order chi connectivity index (χ1) is 30.6. The van der Waals surface area contributed by atoms with Crippen LogP contribution in [0.1, 0.15) is 95.2 Å². The Bertz CT molecular complexity index is 2310. The summed E-state index contributed by atoms with van der Waals surface area (Å²) in [6.07, 6.45) is -1.15. The fourth-order valence-electron chi connectivity index (χ4n) is 6.35. The average molecular weight is 911 g/mol. The maximum atomic E-state index is 12.5. The lowest BCUT2D eigenvalue weighted by atomic mass is 9.85. The number of carbonyl (C=O) groups excluding carboxylic acids is 6. The molecule has 0 atom stereocenters. The van der Waals surface area contributed by atoms with Crippen LogP contribution in [0.2, 0.25) is 0 Å². The first kappa shape index (κ1) is 47.3. The fourth-order valence-corrected chi connectivity index (χ4v) is 8.80. The summed E-state index contributed by atoms with van der Waals surface area (Å²) >= 11 is 4.62. The van der Waals surface area contributed by atoms with Gasteiger partial charge in [-0.25, -0.2) is 14.4 Å². The SMILES string of the molecule is CC(C)OC(=O)C(=O)c1ccc(Sc2ccc(C(c3ccc(Sc4ccc(C(=O)C(=O)OC(C)C)cc4)cc3)c3ccc(Sc4ccc(C(=O)C(=O)OC(C)C)cc4)cc3)cc2)cc1. The third-order valence-electron chi connectivity index (χ3n) is 9.28. The molecule has 0 aliphatic heterocycles. The zero-order valence-corrected chi connectivity index (χ0v) is 38.5. The Labute approximate surface area is 385 Å². The lowest BCUT2D eigenvalue weighted by Crippen LogP contribution is -2.21. The normalized spacial score (nSPS) is 11.2. The number of rotatable bonds is 18. The molecule has 6 aromatic carbocycles. The summed E-state index contributed by atoms with van der Waals surface area (Å²) in [6.45, 7) is 10.2. The molecule has 0 amide bonds. The largest absolute Gasteiger partial charge is 0.457 e. The molecule has 6 aromatic rings. The lowest BCUT2D eigenvalue weighted by Gasteiger charge is -2.20. The zero-order valence-electron chi connectivity index (χ0n) is 36.1. The molecule has 0 N–H and O–H groups in total. The maximum Gasteiger partial charge on any atom is 0.379 e. The summed E-state index contributed by atoms with van der Waals surface area (Å²) in [5.74, 6) is -4.78. The van der Waals surface area contributed by atoms with Gasteiger partial charge >= 0.3 is 17.9 Å². The van der Waals surface area contributed by atoms with Crippen molar-refractivity contribution >= 4 is 70.5 Å². The van der Waals surface area contributed by atoms with Gasteiger partial charge in [0.2, 0.25) is 0 Å². The van der Waals surface area contributed by atoms with Gasteiger partial charge in [0, 0.05) is 52.0 Å². The molecule has 0 aliphatic carbocycles. The van der Waals surface area contributed by atoms with Crippen molar-refractivity contribution < 1.29 is 43.0 Å². The standard InChI is InChI=1S/C52H46O9S3/c1-31(2)59-50(56)47(53)37-13-25-43(26-14-37)62-40-19-7-34(8-20-40)46(35-9-21-41(22-10-35)63-44-27-15-38(16-28-44)48(54)51(57)60-32(3)4)36-11-23-42(24-12-36)64-45-29-17-39(18-30-45)49(55)52(58)61-33(5)6/h7-33,46H,1-6H3. The Kier molecular flexibility index (Phi) is 16.2. The van der Waals surface area contributed by atoms with Crippen molar-refractivity contribution in [2.45, 2.75) is 95.1 Å². The summed E-state index contributed by atoms with van der Waals surface area (Å²) in [5.41, 5.74) is 4.03. The number of esters is 3. The van der Waals surface area contributed by atoms with Crippen LogP contribution in [0, 0.1) is 0 Å². The van der Waals surface area contributed by atoms with Gasteiger partial charge in [-0.1, -0.05) is 71.7 Å².